The van der Waals surface area contributed by atoms with Gasteiger partial charge in [0.1, 0.15) is 0 Å². The van der Waals surface area contributed by atoms with E-state index < -0.39 is 0 Å². The van der Waals surface area contributed by atoms with Crippen molar-refractivity contribution >= 4 is 0 Å². The average molecular weight is 542 g/mol. The lowest BCUT2D eigenvalue weighted by molar-refractivity contribution is -0.148. The molecule has 0 amide bonds. The van der Waals surface area contributed by atoms with Gasteiger partial charge in [0.15, 0.2) is 6.29 Å². The van der Waals surface area contributed by atoms with Crippen molar-refractivity contribution in [3.63, 3.8) is 0 Å². The van der Waals surface area contributed by atoms with Gasteiger partial charge in [-0.25, -0.2) is 0 Å². The first kappa shape index (κ1) is 37.8. The van der Waals surface area contributed by atoms with Gasteiger partial charge in [-0.15, -0.1) is 0 Å². The van der Waals surface area contributed by atoms with Gasteiger partial charge < -0.3 is 19.5 Å². The second-order valence-electron chi connectivity index (χ2n) is 11.6. The van der Waals surface area contributed by atoms with Crippen LogP contribution in [-0.2, 0) is 9.47 Å². The van der Waals surface area contributed by atoms with Crippen molar-refractivity contribution in [3.05, 3.63) is 0 Å². The lowest BCUT2D eigenvalue weighted by Gasteiger charge is -2.21. The molecule has 0 saturated carbocycles. The third-order valence-electron chi connectivity index (χ3n) is 7.76. The molecule has 0 aliphatic rings. The molecule has 0 bridgehead atoms. The van der Waals surface area contributed by atoms with Crippen molar-refractivity contribution in [1.29, 1.82) is 0 Å². The van der Waals surface area contributed by atoms with E-state index in [0.29, 0.717) is 0 Å². The summed E-state index contributed by atoms with van der Waals surface area (Å²) < 4.78 is 12.4. The van der Waals surface area contributed by atoms with Gasteiger partial charge in [-0.2, -0.15) is 0 Å². The van der Waals surface area contributed by atoms with Gasteiger partial charge in [-0.1, -0.05) is 136 Å². The Morgan fingerprint density at radius 2 is 0.816 bits per heavy atom. The zero-order chi connectivity index (χ0) is 27.8. The number of ether oxygens (including phenoxy) is 2. The first-order valence-electron chi connectivity index (χ1n) is 17.3. The third kappa shape index (κ3) is 28.8. The third-order valence-corrected chi connectivity index (χ3v) is 7.76. The Morgan fingerprint density at radius 1 is 0.447 bits per heavy atom. The van der Waals surface area contributed by atoms with Crippen LogP contribution in [0, 0.1) is 0 Å². The fourth-order valence-corrected chi connectivity index (χ4v) is 5.18. The highest BCUT2D eigenvalue weighted by Crippen LogP contribution is 2.14. The minimum atomic E-state index is -0.00124. The Labute approximate surface area is 240 Å². The van der Waals surface area contributed by atoms with Crippen LogP contribution < -0.4 is 0 Å². The van der Waals surface area contributed by atoms with Crippen LogP contribution in [0.4, 0.5) is 0 Å². The van der Waals surface area contributed by atoms with E-state index in [4.69, 9.17) is 9.47 Å². The highest BCUT2D eigenvalue weighted by molar-refractivity contribution is 4.59. The minimum Gasteiger partial charge on any atom is -0.395 e. The van der Waals surface area contributed by atoms with E-state index in [2.05, 4.69) is 25.7 Å². The predicted molar refractivity (Wildman–Crippen MR) is 167 cm³/mol. The van der Waals surface area contributed by atoms with Crippen LogP contribution in [0.3, 0.4) is 0 Å². The van der Waals surface area contributed by atoms with Gasteiger partial charge in [0.05, 0.1) is 6.61 Å². The highest BCUT2D eigenvalue weighted by atomic mass is 16.7. The normalized spacial score (nSPS) is 11.8. The van der Waals surface area contributed by atoms with Crippen LogP contribution in [0.2, 0.25) is 0 Å². The van der Waals surface area contributed by atoms with E-state index in [1.807, 2.05) is 0 Å². The first-order valence-corrected chi connectivity index (χ1v) is 17.3. The average Bonchev–Trinajstić information content (AvgIpc) is 2.92. The fraction of sp³-hybridized carbons (Fsp3) is 1.00. The minimum absolute atomic E-state index is 0.00124. The molecule has 0 rings (SSSR count). The maximum absolute atomic E-state index is 9.42. The Bertz CT molecular complexity index is 403. The quantitative estimate of drug-likeness (QED) is 0.0663. The molecule has 230 valence electrons. The smallest absolute Gasteiger partial charge is 0.157 e. The molecule has 4 nitrogen and oxygen atoms in total. The van der Waals surface area contributed by atoms with Gasteiger partial charge in [-0.05, 0) is 51.6 Å². The first-order chi connectivity index (χ1) is 18.8. The molecule has 0 heterocycles. The molecule has 38 heavy (non-hydrogen) atoms. The van der Waals surface area contributed by atoms with Crippen molar-refractivity contribution in [2.45, 2.75) is 181 Å². The van der Waals surface area contributed by atoms with E-state index in [0.717, 1.165) is 39.3 Å². The summed E-state index contributed by atoms with van der Waals surface area (Å²) in [5.41, 5.74) is 0. The van der Waals surface area contributed by atoms with Gasteiger partial charge >= 0.3 is 0 Å². The summed E-state index contributed by atoms with van der Waals surface area (Å²) in [7, 11) is 0. The Morgan fingerprint density at radius 3 is 1.24 bits per heavy atom. The predicted octanol–water partition coefficient (Wildman–Crippen LogP) is 10.1. The number of hydrogen-bond donors (Lipinski definition) is 1. The number of unbranched alkanes of at least 4 members (excludes halogenated alkanes) is 19. The molecule has 0 spiro atoms. The number of aliphatic hydroxyl groups is 1. The summed E-state index contributed by atoms with van der Waals surface area (Å²) in [6.07, 6.45) is 31.1. The zero-order valence-corrected chi connectivity index (χ0v) is 26.5. The second-order valence-corrected chi connectivity index (χ2v) is 11.6. The van der Waals surface area contributed by atoms with Crippen molar-refractivity contribution in [1.82, 2.24) is 4.90 Å². The van der Waals surface area contributed by atoms with E-state index in [-0.39, 0.29) is 12.9 Å². The Balaban J connectivity index is 4.00. The fourth-order valence-electron chi connectivity index (χ4n) is 5.18. The van der Waals surface area contributed by atoms with E-state index >= 15 is 0 Å². The van der Waals surface area contributed by atoms with Gasteiger partial charge in [0.25, 0.3) is 0 Å². The van der Waals surface area contributed by atoms with Crippen molar-refractivity contribution in [3.8, 4) is 0 Å². The second kappa shape index (κ2) is 33.0. The number of hydrogen-bond acceptors (Lipinski definition) is 4. The number of nitrogens with zero attached hydrogens (tertiary/aromatic N) is 1. The van der Waals surface area contributed by atoms with Crippen molar-refractivity contribution in [2.24, 2.45) is 0 Å². The largest absolute Gasteiger partial charge is 0.395 e. The van der Waals surface area contributed by atoms with Crippen LogP contribution in [0.25, 0.3) is 0 Å². The molecule has 0 fully saturated rings. The standard InChI is InChI=1S/C34H71NO3/c1-4-7-10-13-18-23-28-35(30-31-36)29-24-19-16-17-22-27-34(37-32-25-20-14-11-8-5-2)38-33-26-21-15-12-9-6-3/h34,36H,4-33H2,1-3H3. The van der Waals surface area contributed by atoms with Crippen LogP contribution in [0.5, 0.6) is 0 Å². The molecule has 0 aliphatic carbocycles. The highest BCUT2D eigenvalue weighted by Gasteiger charge is 2.10. The van der Waals surface area contributed by atoms with Crippen LogP contribution in [0.15, 0.2) is 0 Å². The van der Waals surface area contributed by atoms with Crippen LogP contribution in [0.1, 0.15) is 175 Å². The number of rotatable bonds is 33. The molecular weight excluding hydrogens is 470 g/mol. The summed E-state index contributed by atoms with van der Waals surface area (Å²) in [5, 5.41) is 9.42. The van der Waals surface area contributed by atoms with Gasteiger partial charge in [0.2, 0.25) is 0 Å². The summed E-state index contributed by atoms with van der Waals surface area (Å²) in [5.74, 6) is 0. The van der Waals surface area contributed by atoms with Crippen LogP contribution in [-0.4, -0.2) is 55.8 Å². The Kier molecular flexibility index (Phi) is 32.9. The maximum atomic E-state index is 9.42. The van der Waals surface area contributed by atoms with E-state index in [9.17, 15) is 5.11 Å². The molecule has 0 radical (unpaired) electrons. The number of aliphatic hydroxyl groups excluding tert-OH is 1. The zero-order valence-electron chi connectivity index (χ0n) is 26.5. The topological polar surface area (TPSA) is 41.9 Å². The molecule has 0 aliphatic heterocycles. The molecule has 0 unspecified atom stereocenters. The molecule has 0 saturated heterocycles. The summed E-state index contributed by atoms with van der Waals surface area (Å²) in [6, 6.07) is 0. The van der Waals surface area contributed by atoms with Crippen molar-refractivity contribution < 1.29 is 14.6 Å². The Hall–Kier alpha value is -0.160. The lowest BCUT2D eigenvalue weighted by atomic mass is 10.1. The van der Waals surface area contributed by atoms with E-state index in [1.54, 1.807) is 0 Å². The monoisotopic (exact) mass is 542 g/mol. The molecule has 4 heteroatoms. The SMILES string of the molecule is CCCCCCCCOC(CCCCCCCN(CCO)CCCCCCCC)OCCCCCCCC. The maximum Gasteiger partial charge on any atom is 0.157 e. The lowest BCUT2D eigenvalue weighted by Crippen LogP contribution is -2.29. The van der Waals surface area contributed by atoms with Crippen LogP contribution >= 0.6 is 0 Å². The van der Waals surface area contributed by atoms with Gasteiger partial charge in [-0.3, -0.25) is 0 Å². The molecule has 1 N–H and O–H groups in total. The molecule has 0 aromatic carbocycles. The molecular formula is C34H71NO3. The summed E-state index contributed by atoms with van der Waals surface area (Å²) in [4.78, 5) is 2.47. The summed E-state index contributed by atoms with van der Waals surface area (Å²) >= 11 is 0. The van der Waals surface area contributed by atoms with Crippen molar-refractivity contribution in [2.75, 3.05) is 39.5 Å². The van der Waals surface area contributed by atoms with Gasteiger partial charge in [0, 0.05) is 19.8 Å². The molecule has 0 aromatic rings. The van der Waals surface area contributed by atoms with E-state index in [1.165, 1.54) is 148 Å². The molecule has 0 atom stereocenters. The summed E-state index contributed by atoms with van der Waals surface area (Å²) in [6.45, 7) is 11.9. The molecule has 0 aromatic heterocycles.